The third-order valence-electron chi connectivity index (χ3n) is 2.79. The lowest BCUT2D eigenvalue weighted by molar-refractivity contribution is 0.414. The van der Waals surface area contributed by atoms with Crippen LogP contribution in [0.15, 0.2) is 24.3 Å². The average Bonchev–Trinajstić information content (AvgIpc) is 2.39. The number of thioether (sulfide) groups is 1. The Morgan fingerprint density at radius 2 is 2.00 bits per heavy atom. The molecule has 0 radical (unpaired) electrons. The Morgan fingerprint density at radius 1 is 1.29 bits per heavy atom. The fourth-order valence-corrected chi connectivity index (χ4v) is 2.88. The second kappa shape index (κ2) is 8.43. The van der Waals surface area contributed by atoms with Crippen LogP contribution in [0.2, 0.25) is 0 Å². The van der Waals surface area contributed by atoms with E-state index in [2.05, 4.69) is 24.4 Å². The Labute approximate surface area is 109 Å². The summed E-state index contributed by atoms with van der Waals surface area (Å²) in [6.07, 6.45) is 2.59. The zero-order chi connectivity index (χ0) is 12.5. The van der Waals surface area contributed by atoms with Crippen molar-refractivity contribution in [2.24, 2.45) is 0 Å². The molecule has 1 N–H and O–H groups in total. The molecule has 0 saturated heterocycles. The summed E-state index contributed by atoms with van der Waals surface area (Å²) in [5.41, 5.74) is 1.33. The third-order valence-corrected chi connectivity index (χ3v) is 3.94. The smallest absolute Gasteiger partial charge is 0.118 e. The van der Waals surface area contributed by atoms with E-state index in [1.165, 1.54) is 24.2 Å². The second-order valence-electron chi connectivity index (χ2n) is 4.04. The van der Waals surface area contributed by atoms with Gasteiger partial charge in [-0.2, -0.15) is 11.8 Å². The summed E-state index contributed by atoms with van der Waals surface area (Å²) in [5.74, 6) is 3.30. The molecule has 0 bridgehead atoms. The van der Waals surface area contributed by atoms with Crippen molar-refractivity contribution in [3.63, 3.8) is 0 Å². The van der Waals surface area contributed by atoms with Gasteiger partial charge in [-0.05, 0) is 36.9 Å². The molecule has 1 aromatic rings. The molecule has 0 aliphatic carbocycles. The number of ether oxygens (including phenoxy) is 1. The summed E-state index contributed by atoms with van der Waals surface area (Å²) < 4.78 is 5.17. The lowest BCUT2D eigenvalue weighted by Crippen LogP contribution is -2.18. The highest BCUT2D eigenvalue weighted by Crippen LogP contribution is 2.21. The van der Waals surface area contributed by atoms with Crippen molar-refractivity contribution in [3.8, 4) is 5.75 Å². The molecule has 0 fully saturated rings. The third kappa shape index (κ3) is 5.00. The van der Waals surface area contributed by atoms with Crippen LogP contribution in [0.4, 0.5) is 0 Å². The van der Waals surface area contributed by atoms with Gasteiger partial charge in [0.1, 0.15) is 5.75 Å². The highest BCUT2D eigenvalue weighted by Gasteiger charge is 2.08. The minimum Gasteiger partial charge on any atom is -0.497 e. The fraction of sp³-hybridized carbons (Fsp3) is 0.571. The molecule has 3 heteroatoms. The van der Waals surface area contributed by atoms with Crippen LogP contribution in [-0.2, 0) is 0 Å². The van der Waals surface area contributed by atoms with Gasteiger partial charge < -0.3 is 10.1 Å². The van der Waals surface area contributed by atoms with Gasteiger partial charge in [-0.3, -0.25) is 0 Å². The molecule has 2 nitrogen and oxygen atoms in total. The zero-order valence-corrected chi connectivity index (χ0v) is 11.8. The van der Waals surface area contributed by atoms with Gasteiger partial charge in [0.05, 0.1) is 7.11 Å². The van der Waals surface area contributed by atoms with E-state index in [9.17, 15) is 0 Å². The molecule has 1 atom stereocenters. The molecule has 1 aromatic carbocycles. The molecule has 0 heterocycles. The maximum Gasteiger partial charge on any atom is 0.118 e. The van der Waals surface area contributed by atoms with Gasteiger partial charge in [0, 0.05) is 11.8 Å². The van der Waals surface area contributed by atoms with Crippen molar-refractivity contribution in [3.05, 3.63) is 29.8 Å². The molecule has 96 valence electrons. The number of benzene rings is 1. The van der Waals surface area contributed by atoms with Crippen LogP contribution >= 0.6 is 11.8 Å². The van der Waals surface area contributed by atoms with E-state index in [0.717, 1.165) is 11.5 Å². The molecule has 0 saturated carbocycles. The molecule has 0 aromatic heterocycles. The van der Waals surface area contributed by atoms with Gasteiger partial charge in [0.15, 0.2) is 0 Å². The van der Waals surface area contributed by atoms with Crippen LogP contribution in [-0.4, -0.2) is 25.7 Å². The Morgan fingerprint density at radius 3 is 2.53 bits per heavy atom. The first-order chi connectivity index (χ1) is 8.31. The first kappa shape index (κ1) is 14.4. The van der Waals surface area contributed by atoms with Gasteiger partial charge in [0.25, 0.3) is 0 Å². The van der Waals surface area contributed by atoms with E-state index >= 15 is 0 Å². The van der Waals surface area contributed by atoms with E-state index < -0.39 is 0 Å². The number of nitrogens with one attached hydrogen (secondary N) is 1. The minimum absolute atomic E-state index is 0.433. The Balaban J connectivity index is 2.47. The Bertz CT molecular complexity index is 300. The van der Waals surface area contributed by atoms with E-state index in [1.807, 2.05) is 30.9 Å². The number of hydrogen-bond acceptors (Lipinski definition) is 3. The topological polar surface area (TPSA) is 21.3 Å². The molecule has 0 amide bonds. The van der Waals surface area contributed by atoms with E-state index in [1.54, 1.807) is 7.11 Å². The highest BCUT2D eigenvalue weighted by molar-refractivity contribution is 7.99. The summed E-state index contributed by atoms with van der Waals surface area (Å²) in [6, 6.07) is 8.76. The van der Waals surface area contributed by atoms with Gasteiger partial charge in [-0.25, -0.2) is 0 Å². The first-order valence-electron chi connectivity index (χ1n) is 6.20. The van der Waals surface area contributed by atoms with Crippen LogP contribution in [0, 0.1) is 0 Å². The second-order valence-corrected chi connectivity index (χ2v) is 5.19. The Kier molecular flexibility index (Phi) is 7.13. The summed E-state index contributed by atoms with van der Waals surface area (Å²) >= 11 is 2.02. The molecule has 0 aliphatic rings. The number of methoxy groups -OCH3 is 1. The predicted octanol–water partition coefficient (Wildman–Crippen LogP) is 3.49. The summed E-state index contributed by atoms with van der Waals surface area (Å²) in [5, 5.41) is 3.37. The average molecular weight is 253 g/mol. The van der Waals surface area contributed by atoms with E-state index in [4.69, 9.17) is 4.74 Å². The fourth-order valence-electron chi connectivity index (χ4n) is 1.63. The summed E-state index contributed by atoms with van der Waals surface area (Å²) in [7, 11) is 3.72. The predicted molar refractivity (Wildman–Crippen MR) is 77.0 cm³/mol. The van der Waals surface area contributed by atoms with E-state index in [-0.39, 0.29) is 0 Å². The maximum atomic E-state index is 5.17. The SMILES string of the molecule is CCCCSCC(NC)c1ccc(OC)cc1. The quantitative estimate of drug-likeness (QED) is 0.717. The zero-order valence-electron chi connectivity index (χ0n) is 11.0. The molecule has 1 unspecified atom stereocenters. The van der Waals surface area contributed by atoms with Crippen molar-refractivity contribution in [1.82, 2.24) is 5.32 Å². The van der Waals surface area contributed by atoms with Crippen molar-refractivity contribution < 1.29 is 4.74 Å². The minimum atomic E-state index is 0.433. The monoisotopic (exact) mass is 253 g/mol. The normalized spacial score (nSPS) is 12.4. The first-order valence-corrected chi connectivity index (χ1v) is 7.36. The molecule has 1 rings (SSSR count). The number of unbranched alkanes of at least 4 members (excludes halogenated alkanes) is 1. The van der Waals surface area contributed by atoms with Crippen LogP contribution in [0.3, 0.4) is 0 Å². The lowest BCUT2D eigenvalue weighted by Gasteiger charge is -2.16. The van der Waals surface area contributed by atoms with Crippen molar-refractivity contribution >= 4 is 11.8 Å². The maximum absolute atomic E-state index is 5.17. The van der Waals surface area contributed by atoms with E-state index in [0.29, 0.717) is 6.04 Å². The van der Waals surface area contributed by atoms with Gasteiger partial charge in [0.2, 0.25) is 0 Å². The molecule has 17 heavy (non-hydrogen) atoms. The van der Waals surface area contributed by atoms with Crippen molar-refractivity contribution in [1.29, 1.82) is 0 Å². The van der Waals surface area contributed by atoms with Gasteiger partial charge in [-0.1, -0.05) is 25.5 Å². The number of hydrogen-bond donors (Lipinski definition) is 1. The van der Waals surface area contributed by atoms with Crippen LogP contribution in [0.25, 0.3) is 0 Å². The van der Waals surface area contributed by atoms with Crippen molar-refractivity contribution in [2.45, 2.75) is 25.8 Å². The molecular weight excluding hydrogens is 230 g/mol. The summed E-state index contributed by atoms with van der Waals surface area (Å²) in [6.45, 7) is 2.24. The summed E-state index contributed by atoms with van der Waals surface area (Å²) in [4.78, 5) is 0. The number of rotatable bonds is 8. The van der Waals surface area contributed by atoms with Crippen LogP contribution in [0.5, 0.6) is 5.75 Å². The van der Waals surface area contributed by atoms with Gasteiger partial charge in [-0.15, -0.1) is 0 Å². The van der Waals surface area contributed by atoms with Gasteiger partial charge >= 0.3 is 0 Å². The molecular formula is C14H23NOS. The highest BCUT2D eigenvalue weighted by atomic mass is 32.2. The molecule has 0 aliphatic heterocycles. The van der Waals surface area contributed by atoms with Crippen molar-refractivity contribution in [2.75, 3.05) is 25.7 Å². The standard InChI is InChI=1S/C14H23NOS/c1-4-5-10-17-11-14(15-2)12-6-8-13(16-3)9-7-12/h6-9,14-15H,4-5,10-11H2,1-3H3. The Hall–Kier alpha value is -0.670. The molecule has 0 spiro atoms. The largest absolute Gasteiger partial charge is 0.497 e. The lowest BCUT2D eigenvalue weighted by atomic mass is 10.1. The van der Waals surface area contributed by atoms with Crippen LogP contribution in [0.1, 0.15) is 31.4 Å². The van der Waals surface area contributed by atoms with Crippen LogP contribution < -0.4 is 10.1 Å².